The number of aliphatic imine (C=N–C) groups is 1. The van der Waals surface area contributed by atoms with Gasteiger partial charge in [-0.25, -0.2) is 0 Å². The molecule has 1 aliphatic carbocycles. The first-order valence-electron chi connectivity index (χ1n) is 8.29. The summed E-state index contributed by atoms with van der Waals surface area (Å²) in [7, 11) is 3.55. The Hall–Kier alpha value is -0.980. The van der Waals surface area contributed by atoms with Crippen molar-refractivity contribution in [1.29, 1.82) is 0 Å². The van der Waals surface area contributed by atoms with Crippen molar-refractivity contribution in [2.45, 2.75) is 39.0 Å². The van der Waals surface area contributed by atoms with Crippen molar-refractivity contribution < 1.29 is 4.74 Å². The minimum absolute atomic E-state index is 0. The van der Waals surface area contributed by atoms with Gasteiger partial charge < -0.3 is 15.4 Å². The maximum Gasteiger partial charge on any atom is 0.191 e. The molecular formula is C18H30IN3O. The Morgan fingerprint density at radius 2 is 2.00 bits per heavy atom. The lowest BCUT2D eigenvalue weighted by Crippen LogP contribution is -2.46. The number of rotatable bonds is 7. The smallest absolute Gasteiger partial charge is 0.191 e. The lowest BCUT2D eigenvalue weighted by Gasteiger charge is -2.41. The van der Waals surface area contributed by atoms with E-state index in [2.05, 4.69) is 28.6 Å². The summed E-state index contributed by atoms with van der Waals surface area (Å²) in [6.45, 7) is 4.16. The molecule has 0 radical (unpaired) electrons. The molecule has 0 spiro atoms. The largest absolute Gasteiger partial charge is 0.496 e. The van der Waals surface area contributed by atoms with Crippen LogP contribution < -0.4 is 15.4 Å². The molecule has 5 heteroatoms. The topological polar surface area (TPSA) is 45.7 Å². The van der Waals surface area contributed by atoms with Gasteiger partial charge >= 0.3 is 0 Å². The van der Waals surface area contributed by atoms with Crippen molar-refractivity contribution in [2.24, 2.45) is 10.4 Å². The molecule has 1 aromatic carbocycles. The normalized spacial score (nSPS) is 16.0. The van der Waals surface area contributed by atoms with Gasteiger partial charge in [0.1, 0.15) is 5.75 Å². The van der Waals surface area contributed by atoms with Gasteiger partial charge in [-0.3, -0.25) is 4.99 Å². The average molecular weight is 431 g/mol. The van der Waals surface area contributed by atoms with Crippen molar-refractivity contribution >= 4 is 29.9 Å². The molecule has 0 amide bonds. The zero-order valence-corrected chi connectivity index (χ0v) is 16.9. The Bertz CT molecular complexity index is 495. The van der Waals surface area contributed by atoms with Gasteiger partial charge in [0, 0.05) is 20.1 Å². The number of nitrogens with one attached hydrogen (secondary N) is 2. The molecule has 0 saturated heterocycles. The fourth-order valence-corrected chi connectivity index (χ4v) is 3.05. The standard InChI is InChI=1S/C18H29N3O.HI/c1-4-18(11-7-12-18)14-21-17(19-2)20-13-10-15-8-5-6-9-16(15)22-3;/h5-6,8-9H,4,7,10-14H2,1-3H3,(H2,19,20,21);1H. The van der Waals surface area contributed by atoms with Gasteiger partial charge in [0.05, 0.1) is 7.11 Å². The Kier molecular flexibility index (Phi) is 8.73. The molecule has 0 bridgehead atoms. The van der Waals surface area contributed by atoms with Crippen LogP contribution in [0.2, 0.25) is 0 Å². The molecule has 23 heavy (non-hydrogen) atoms. The second-order valence-corrected chi connectivity index (χ2v) is 6.12. The summed E-state index contributed by atoms with van der Waals surface area (Å²) in [4.78, 5) is 4.32. The van der Waals surface area contributed by atoms with Crippen LogP contribution >= 0.6 is 24.0 Å². The van der Waals surface area contributed by atoms with Crippen LogP contribution in [0.25, 0.3) is 0 Å². The van der Waals surface area contributed by atoms with Gasteiger partial charge in [-0.05, 0) is 42.7 Å². The molecule has 1 fully saturated rings. The Morgan fingerprint density at radius 1 is 1.26 bits per heavy atom. The molecule has 1 aliphatic rings. The van der Waals surface area contributed by atoms with Crippen molar-refractivity contribution in [3.8, 4) is 5.75 Å². The zero-order valence-electron chi connectivity index (χ0n) is 14.5. The van der Waals surface area contributed by atoms with E-state index in [1.165, 1.54) is 31.2 Å². The fourth-order valence-electron chi connectivity index (χ4n) is 3.05. The first-order chi connectivity index (χ1) is 10.7. The number of guanidine groups is 1. The summed E-state index contributed by atoms with van der Waals surface area (Å²) in [5.41, 5.74) is 1.72. The van der Waals surface area contributed by atoms with E-state index in [9.17, 15) is 0 Å². The van der Waals surface area contributed by atoms with Crippen LogP contribution in [0.5, 0.6) is 5.75 Å². The molecular weight excluding hydrogens is 401 g/mol. The van der Waals surface area contributed by atoms with E-state index in [1.807, 2.05) is 25.2 Å². The minimum Gasteiger partial charge on any atom is -0.496 e. The first kappa shape index (κ1) is 20.1. The highest BCUT2D eigenvalue weighted by Crippen LogP contribution is 2.42. The molecule has 0 unspecified atom stereocenters. The second-order valence-electron chi connectivity index (χ2n) is 6.12. The first-order valence-corrected chi connectivity index (χ1v) is 8.29. The fraction of sp³-hybridized carbons (Fsp3) is 0.611. The molecule has 0 heterocycles. The van der Waals surface area contributed by atoms with E-state index in [0.717, 1.165) is 31.2 Å². The number of methoxy groups -OCH3 is 1. The van der Waals surface area contributed by atoms with Crippen molar-refractivity contribution in [3.63, 3.8) is 0 Å². The summed E-state index contributed by atoms with van der Waals surface area (Å²) in [6.07, 6.45) is 6.22. The third kappa shape index (κ3) is 5.55. The Balaban J connectivity index is 0.00000264. The molecule has 2 rings (SSSR count). The number of hydrogen-bond donors (Lipinski definition) is 2. The summed E-state index contributed by atoms with van der Waals surface area (Å²) in [6, 6.07) is 8.16. The maximum atomic E-state index is 5.38. The van der Waals surface area contributed by atoms with Crippen LogP contribution in [-0.4, -0.2) is 33.2 Å². The number of para-hydroxylation sites is 1. The second kappa shape index (κ2) is 10.0. The third-order valence-electron chi connectivity index (χ3n) is 4.90. The van der Waals surface area contributed by atoms with Crippen LogP contribution in [0, 0.1) is 5.41 Å². The quantitative estimate of drug-likeness (QED) is 0.394. The summed E-state index contributed by atoms with van der Waals surface area (Å²) in [5.74, 6) is 1.85. The highest BCUT2D eigenvalue weighted by atomic mass is 127. The lowest BCUT2D eigenvalue weighted by atomic mass is 9.67. The van der Waals surface area contributed by atoms with Gasteiger partial charge in [-0.15, -0.1) is 24.0 Å². The predicted octanol–water partition coefficient (Wildman–Crippen LogP) is 3.60. The van der Waals surface area contributed by atoms with E-state index in [0.29, 0.717) is 5.41 Å². The van der Waals surface area contributed by atoms with Crippen molar-refractivity contribution in [2.75, 3.05) is 27.2 Å². The zero-order chi connectivity index (χ0) is 15.8. The molecule has 4 nitrogen and oxygen atoms in total. The maximum absolute atomic E-state index is 5.38. The molecule has 1 aromatic rings. The number of ether oxygens (including phenoxy) is 1. The number of hydrogen-bond acceptors (Lipinski definition) is 2. The third-order valence-corrected chi connectivity index (χ3v) is 4.90. The van der Waals surface area contributed by atoms with Crippen LogP contribution in [0.15, 0.2) is 29.3 Å². The predicted molar refractivity (Wildman–Crippen MR) is 108 cm³/mol. The van der Waals surface area contributed by atoms with Crippen LogP contribution in [-0.2, 0) is 6.42 Å². The van der Waals surface area contributed by atoms with Crippen LogP contribution in [0.3, 0.4) is 0 Å². The van der Waals surface area contributed by atoms with E-state index in [-0.39, 0.29) is 24.0 Å². The van der Waals surface area contributed by atoms with Crippen molar-refractivity contribution in [3.05, 3.63) is 29.8 Å². The molecule has 0 aromatic heterocycles. The van der Waals surface area contributed by atoms with E-state index >= 15 is 0 Å². The highest BCUT2D eigenvalue weighted by molar-refractivity contribution is 14.0. The molecule has 0 aliphatic heterocycles. The van der Waals surface area contributed by atoms with E-state index in [1.54, 1.807) is 7.11 Å². The van der Waals surface area contributed by atoms with Gasteiger partial charge in [-0.2, -0.15) is 0 Å². The van der Waals surface area contributed by atoms with Crippen molar-refractivity contribution in [1.82, 2.24) is 10.6 Å². The summed E-state index contributed by atoms with van der Waals surface area (Å²) < 4.78 is 5.38. The SMILES string of the molecule is CCC1(CNC(=NC)NCCc2ccccc2OC)CCC1.I. The van der Waals surface area contributed by atoms with Gasteiger partial charge in [-0.1, -0.05) is 31.5 Å². The summed E-state index contributed by atoms with van der Waals surface area (Å²) in [5, 5.41) is 6.88. The molecule has 130 valence electrons. The Morgan fingerprint density at radius 3 is 2.57 bits per heavy atom. The Labute approximate surface area is 157 Å². The van der Waals surface area contributed by atoms with Gasteiger partial charge in [0.25, 0.3) is 0 Å². The molecule has 2 N–H and O–H groups in total. The number of nitrogens with zero attached hydrogens (tertiary/aromatic N) is 1. The monoisotopic (exact) mass is 431 g/mol. The van der Waals surface area contributed by atoms with Crippen LogP contribution in [0.4, 0.5) is 0 Å². The van der Waals surface area contributed by atoms with E-state index in [4.69, 9.17) is 4.74 Å². The van der Waals surface area contributed by atoms with E-state index < -0.39 is 0 Å². The number of benzene rings is 1. The number of halogens is 1. The van der Waals surface area contributed by atoms with Gasteiger partial charge in [0.2, 0.25) is 0 Å². The van der Waals surface area contributed by atoms with Gasteiger partial charge in [0.15, 0.2) is 5.96 Å². The molecule has 0 atom stereocenters. The average Bonchev–Trinajstić information content (AvgIpc) is 2.52. The minimum atomic E-state index is 0. The van der Waals surface area contributed by atoms with Crippen LogP contribution in [0.1, 0.15) is 38.2 Å². The lowest BCUT2D eigenvalue weighted by molar-refractivity contribution is 0.131. The molecule has 1 saturated carbocycles. The highest BCUT2D eigenvalue weighted by Gasteiger charge is 2.34. The summed E-state index contributed by atoms with van der Waals surface area (Å²) >= 11 is 0.